The molecular formula is C31H28O2. The van der Waals surface area contributed by atoms with Gasteiger partial charge in [-0.15, -0.1) is 6.42 Å². The summed E-state index contributed by atoms with van der Waals surface area (Å²) in [5, 5.41) is 18.8. The SMILES string of the molecule is C#Cc1ccccc1.C[C@@H](O)c1ccccc1.O[C@H](C#Cc1ccccc1)c1ccccc1. The van der Waals surface area contributed by atoms with Crippen LogP contribution in [0.3, 0.4) is 0 Å². The molecule has 0 aliphatic carbocycles. The lowest BCUT2D eigenvalue weighted by atomic mass is 10.1. The maximum atomic E-state index is 9.81. The molecule has 0 heterocycles. The van der Waals surface area contributed by atoms with Crippen LogP contribution in [-0.2, 0) is 0 Å². The third-order valence-electron chi connectivity index (χ3n) is 4.46. The van der Waals surface area contributed by atoms with Crippen LogP contribution in [0.1, 0.15) is 41.4 Å². The zero-order valence-corrected chi connectivity index (χ0v) is 18.7. The standard InChI is InChI=1S/C15H12O.C8H10O.C8H6/c16-15(14-9-5-2-6-10-14)12-11-13-7-3-1-4-8-13;1-7(9)8-5-3-2-4-6-8;1-2-8-6-4-3-5-7-8/h1-10,15-16H;2-7,9H,1H3;1,3-7H/t15-;7-;/m11./s1. The highest BCUT2D eigenvalue weighted by atomic mass is 16.3. The molecule has 4 aromatic carbocycles. The number of rotatable bonds is 2. The molecule has 0 saturated carbocycles. The van der Waals surface area contributed by atoms with Crippen molar-refractivity contribution in [3.63, 3.8) is 0 Å². The van der Waals surface area contributed by atoms with Gasteiger partial charge in [0.1, 0.15) is 6.10 Å². The van der Waals surface area contributed by atoms with Crippen LogP contribution < -0.4 is 0 Å². The van der Waals surface area contributed by atoms with Gasteiger partial charge in [0, 0.05) is 11.1 Å². The molecule has 0 fully saturated rings. The van der Waals surface area contributed by atoms with E-state index in [4.69, 9.17) is 11.5 Å². The Kier molecular flexibility index (Phi) is 11.3. The van der Waals surface area contributed by atoms with Crippen molar-refractivity contribution >= 4 is 0 Å². The molecule has 2 N–H and O–H groups in total. The van der Waals surface area contributed by atoms with Crippen LogP contribution in [0.15, 0.2) is 121 Å². The van der Waals surface area contributed by atoms with Crippen LogP contribution in [-0.4, -0.2) is 10.2 Å². The Hall–Kier alpha value is -4.08. The average Bonchev–Trinajstić information content (AvgIpc) is 2.90. The quantitative estimate of drug-likeness (QED) is 0.371. The lowest BCUT2D eigenvalue weighted by Gasteiger charge is -2.01. The molecule has 33 heavy (non-hydrogen) atoms. The Balaban J connectivity index is 0.000000192. The second-order valence-corrected chi connectivity index (χ2v) is 7.05. The Morgan fingerprint density at radius 1 is 0.576 bits per heavy atom. The van der Waals surface area contributed by atoms with Crippen molar-refractivity contribution in [1.82, 2.24) is 0 Å². The van der Waals surface area contributed by atoms with Crippen molar-refractivity contribution in [2.24, 2.45) is 0 Å². The van der Waals surface area contributed by atoms with Gasteiger partial charge in [0.2, 0.25) is 0 Å². The normalized spacial score (nSPS) is 11.0. The second kappa shape index (κ2) is 14.8. The van der Waals surface area contributed by atoms with E-state index < -0.39 is 6.10 Å². The summed E-state index contributed by atoms with van der Waals surface area (Å²) in [7, 11) is 0. The molecule has 0 unspecified atom stereocenters. The molecule has 0 bridgehead atoms. The van der Waals surface area contributed by atoms with Crippen molar-refractivity contribution in [1.29, 1.82) is 0 Å². The van der Waals surface area contributed by atoms with E-state index in [9.17, 15) is 5.11 Å². The number of hydrogen-bond donors (Lipinski definition) is 2. The molecule has 0 spiro atoms. The third kappa shape index (κ3) is 10.2. The summed E-state index contributed by atoms with van der Waals surface area (Å²) in [6, 6.07) is 38.3. The van der Waals surface area contributed by atoms with E-state index in [1.165, 1.54) is 0 Å². The first-order chi connectivity index (χ1) is 16.1. The smallest absolute Gasteiger partial charge is 0.140 e. The fraction of sp³-hybridized carbons (Fsp3) is 0.0968. The molecule has 2 heteroatoms. The molecule has 164 valence electrons. The first kappa shape index (κ1) is 25.2. The molecule has 0 aliphatic rings. The van der Waals surface area contributed by atoms with E-state index in [-0.39, 0.29) is 6.10 Å². The van der Waals surface area contributed by atoms with Crippen LogP contribution >= 0.6 is 0 Å². The second-order valence-electron chi connectivity index (χ2n) is 7.05. The van der Waals surface area contributed by atoms with Gasteiger partial charge in [0.05, 0.1) is 6.10 Å². The van der Waals surface area contributed by atoms with Gasteiger partial charge in [-0.2, -0.15) is 0 Å². The maximum Gasteiger partial charge on any atom is 0.140 e. The van der Waals surface area contributed by atoms with Crippen LogP contribution in [0.4, 0.5) is 0 Å². The van der Waals surface area contributed by atoms with E-state index in [1.807, 2.05) is 121 Å². The summed E-state index contributed by atoms with van der Waals surface area (Å²) in [5.41, 5.74) is 3.65. The highest BCUT2D eigenvalue weighted by Gasteiger charge is 2.00. The van der Waals surface area contributed by atoms with Crippen LogP contribution in [0.25, 0.3) is 0 Å². The summed E-state index contributed by atoms with van der Waals surface area (Å²) < 4.78 is 0. The van der Waals surface area contributed by atoms with Gasteiger partial charge < -0.3 is 10.2 Å². The minimum Gasteiger partial charge on any atom is -0.389 e. The van der Waals surface area contributed by atoms with E-state index in [2.05, 4.69) is 17.8 Å². The Labute approximate surface area is 197 Å². The van der Waals surface area contributed by atoms with Crippen LogP contribution in [0.5, 0.6) is 0 Å². The first-order valence-electron chi connectivity index (χ1n) is 10.6. The molecule has 4 rings (SSSR count). The summed E-state index contributed by atoms with van der Waals surface area (Å²) in [6.45, 7) is 1.76. The topological polar surface area (TPSA) is 40.5 Å². The van der Waals surface area contributed by atoms with Crippen molar-refractivity contribution in [2.75, 3.05) is 0 Å². The van der Waals surface area contributed by atoms with Gasteiger partial charge >= 0.3 is 0 Å². The molecular weight excluding hydrogens is 404 g/mol. The minimum atomic E-state index is -0.721. The molecule has 0 amide bonds. The predicted molar refractivity (Wildman–Crippen MR) is 136 cm³/mol. The Morgan fingerprint density at radius 3 is 1.33 bits per heavy atom. The molecule has 4 aromatic rings. The molecule has 2 nitrogen and oxygen atoms in total. The highest BCUT2D eigenvalue weighted by molar-refractivity contribution is 5.36. The van der Waals surface area contributed by atoms with Gasteiger partial charge in [-0.25, -0.2) is 0 Å². The molecule has 0 aromatic heterocycles. The fourth-order valence-electron chi connectivity index (χ4n) is 2.66. The average molecular weight is 433 g/mol. The van der Waals surface area contributed by atoms with Gasteiger partial charge in [-0.05, 0) is 42.3 Å². The van der Waals surface area contributed by atoms with E-state index in [0.717, 1.165) is 22.3 Å². The van der Waals surface area contributed by atoms with Crippen LogP contribution in [0, 0.1) is 24.2 Å². The number of aliphatic hydroxyl groups is 2. The molecule has 0 radical (unpaired) electrons. The van der Waals surface area contributed by atoms with Crippen molar-refractivity contribution in [2.45, 2.75) is 19.1 Å². The highest BCUT2D eigenvalue weighted by Crippen LogP contribution is 2.11. The number of benzene rings is 4. The van der Waals surface area contributed by atoms with Gasteiger partial charge in [0.15, 0.2) is 0 Å². The first-order valence-corrected chi connectivity index (χ1v) is 10.6. The number of aliphatic hydroxyl groups excluding tert-OH is 2. The monoisotopic (exact) mass is 432 g/mol. The number of terminal acetylenes is 1. The summed E-state index contributed by atoms with van der Waals surface area (Å²) >= 11 is 0. The summed E-state index contributed by atoms with van der Waals surface area (Å²) in [5.74, 6) is 8.29. The Bertz CT molecular complexity index is 1130. The largest absolute Gasteiger partial charge is 0.389 e. The summed E-state index contributed by atoms with van der Waals surface area (Å²) in [6.07, 6.45) is 4.04. The predicted octanol–water partition coefficient (Wildman–Crippen LogP) is 6.18. The van der Waals surface area contributed by atoms with E-state index in [1.54, 1.807) is 6.92 Å². The van der Waals surface area contributed by atoms with Crippen molar-refractivity contribution in [3.8, 4) is 24.2 Å². The third-order valence-corrected chi connectivity index (χ3v) is 4.46. The zero-order chi connectivity index (χ0) is 23.7. The fourth-order valence-corrected chi connectivity index (χ4v) is 2.66. The van der Waals surface area contributed by atoms with Gasteiger partial charge in [-0.3, -0.25) is 0 Å². The molecule has 2 atom stereocenters. The van der Waals surface area contributed by atoms with Crippen LogP contribution in [0.2, 0.25) is 0 Å². The zero-order valence-electron chi connectivity index (χ0n) is 18.7. The summed E-state index contributed by atoms with van der Waals surface area (Å²) in [4.78, 5) is 0. The maximum absolute atomic E-state index is 9.81. The van der Waals surface area contributed by atoms with Crippen molar-refractivity contribution < 1.29 is 10.2 Å². The van der Waals surface area contributed by atoms with E-state index in [0.29, 0.717) is 0 Å². The lowest BCUT2D eigenvalue weighted by molar-refractivity contribution is 0.199. The van der Waals surface area contributed by atoms with E-state index >= 15 is 0 Å². The number of hydrogen-bond acceptors (Lipinski definition) is 2. The molecule has 0 saturated heterocycles. The van der Waals surface area contributed by atoms with Crippen molar-refractivity contribution in [3.05, 3.63) is 144 Å². The Morgan fingerprint density at radius 2 is 0.970 bits per heavy atom. The van der Waals surface area contributed by atoms with Gasteiger partial charge in [0.25, 0.3) is 0 Å². The van der Waals surface area contributed by atoms with Gasteiger partial charge in [-0.1, -0.05) is 115 Å². The minimum absolute atomic E-state index is 0.341. The lowest BCUT2D eigenvalue weighted by Crippen LogP contribution is -1.92. The molecule has 0 aliphatic heterocycles.